The van der Waals surface area contributed by atoms with Gasteiger partial charge in [0.2, 0.25) is 0 Å². The first-order valence-corrected chi connectivity index (χ1v) is 13.9. The van der Waals surface area contributed by atoms with E-state index in [0.29, 0.717) is 0 Å². The van der Waals surface area contributed by atoms with Crippen molar-refractivity contribution in [1.29, 1.82) is 0 Å². The van der Waals surface area contributed by atoms with Gasteiger partial charge in [0.15, 0.2) is 0 Å². The van der Waals surface area contributed by atoms with Gasteiger partial charge in [-0.15, -0.1) is 0 Å². The van der Waals surface area contributed by atoms with Crippen LogP contribution >= 0.6 is 23.2 Å². The molecule has 174 valence electrons. The number of phosphoric acid groups is 2. The van der Waals surface area contributed by atoms with E-state index < -0.39 is 42.0 Å². The van der Waals surface area contributed by atoms with E-state index >= 15 is 0 Å². The molecule has 3 rings (SSSR count). The lowest BCUT2D eigenvalue weighted by atomic mass is 9.98. The molecular formula is C17H20NO11P3. The summed E-state index contributed by atoms with van der Waals surface area (Å²) in [6.45, 7) is -0.477. The molecule has 1 aliphatic rings. The maximum atomic E-state index is 12.0. The summed E-state index contributed by atoms with van der Waals surface area (Å²) in [6, 6.07) is 15.4. The maximum absolute atomic E-state index is 12.0. The van der Waals surface area contributed by atoms with Crippen LogP contribution in [0.1, 0.15) is 17.0 Å². The Labute approximate surface area is 182 Å². The number of amides is 1. The third kappa shape index (κ3) is 6.59. The van der Waals surface area contributed by atoms with Gasteiger partial charge in [0.1, 0.15) is 6.61 Å². The van der Waals surface area contributed by atoms with Crippen LogP contribution in [0.5, 0.6) is 0 Å². The zero-order valence-corrected chi connectivity index (χ0v) is 19.0. The van der Waals surface area contributed by atoms with Crippen LogP contribution in [0.25, 0.3) is 11.1 Å². The lowest BCUT2D eigenvalue weighted by Gasteiger charge is -2.17. The number of carbonyl (C=O) groups excluding carboxylic acids is 1. The first kappa shape index (κ1) is 24.8. The number of ether oxygens (including phenoxy) is 1. The second-order valence-electron chi connectivity index (χ2n) is 6.74. The highest BCUT2D eigenvalue weighted by molar-refractivity contribution is 7.68. The molecule has 0 spiro atoms. The summed E-state index contributed by atoms with van der Waals surface area (Å²) in [4.78, 5) is 47.7. The molecule has 0 radical (unpaired) electrons. The molecule has 0 heterocycles. The van der Waals surface area contributed by atoms with Crippen LogP contribution in [-0.2, 0) is 27.1 Å². The summed E-state index contributed by atoms with van der Waals surface area (Å²) in [6.07, 6.45) is -1.74. The Morgan fingerprint density at radius 3 is 1.94 bits per heavy atom. The van der Waals surface area contributed by atoms with Crippen molar-refractivity contribution in [2.45, 2.75) is 5.92 Å². The number of rotatable bonds is 9. The highest BCUT2D eigenvalue weighted by Crippen LogP contribution is 2.65. The van der Waals surface area contributed by atoms with Crippen molar-refractivity contribution >= 4 is 29.3 Å². The van der Waals surface area contributed by atoms with E-state index in [4.69, 9.17) is 19.4 Å². The van der Waals surface area contributed by atoms with Gasteiger partial charge < -0.3 is 29.6 Å². The van der Waals surface area contributed by atoms with Crippen LogP contribution in [-0.4, -0.2) is 45.0 Å². The molecule has 2 aromatic carbocycles. The number of carbonyl (C=O) groups is 1. The minimum absolute atomic E-state index is 0.00904. The Morgan fingerprint density at radius 2 is 1.41 bits per heavy atom. The molecule has 0 saturated heterocycles. The zero-order valence-electron chi connectivity index (χ0n) is 16.3. The predicted octanol–water partition coefficient (Wildman–Crippen LogP) is 2.94. The fourth-order valence-corrected chi connectivity index (χ4v) is 6.77. The molecule has 0 aromatic heterocycles. The third-order valence-electron chi connectivity index (χ3n) is 4.45. The molecule has 2 atom stereocenters. The average Bonchev–Trinajstić information content (AvgIpc) is 2.97. The van der Waals surface area contributed by atoms with E-state index in [0.717, 1.165) is 22.3 Å². The molecule has 2 unspecified atom stereocenters. The molecule has 0 aliphatic heterocycles. The minimum atomic E-state index is -5.51. The van der Waals surface area contributed by atoms with Crippen LogP contribution in [0.15, 0.2) is 48.5 Å². The number of hydrogen-bond donors (Lipinski definition) is 5. The molecule has 0 bridgehead atoms. The Kier molecular flexibility index (Phi) is 7.41. The largest absolute Gasteiger partial charge is 0.488 e. The van der Waals surface area contributed by atoms with Gasteiger partial charge in [-0.1, -0.05) is 48.5 Å². The van der Waals surface area contributed by atoms with Crippen molar-refractivity contribution in [3.05, 3.63) is 59.7 Å². The van der Waals surface area contributed by atoms with E-state index in [-0.39, 0.29) is 12.5 Å². The van der Waals surface area contributed by atoms with Gasteiger partial charge in [-0.2, -0.15) is 4.31 Å². The molecule has 5 N–H and O–H groups in total. The van der Waals surface area contributed by atoms with Gasteiger partial charge in [0.25, 0.3) is 0 Å². The second-order valence-corrected chi connectivity index (χ2v) is 11.7. The Hall–Kier alpha value is -1.84. The van der Waals surface area contributed by atoms with Gasteiger partial charge in [-0.25, -0.2) is 18.2 Å². The van der Waals surface area contributed by atoms with Crippen LogP contribution in [0.2, 0.25) is 0 Å². The normalized spacial score (nSPS) is 17.0. The van der Waals surface area contributed by atoms with Crippen LogP contribution in [0, 0.1) is 0 Å². The van der Waals surface area contributed by atoms with Gasteiger partial charge >= 0.3 is 29.3 Å². The number of hydrogen-bond acceptors (Lipinski definition) is 7. The first-order valence-electron chi connectivity index (χ1n) is 9.09. The van der Waals surface area contributed by atoms with Gasteiger partial charge in [-0.05, 0) is 22.3 Å². The summed E-state index contributed by atoms with van der Waals surface area (Å²) in [5, 5.41) is 2.21. The smallest absolute Gasteiger partial charge is 0.449 e. The lowest BCUT2D eigenvalue weighted by molar-refractivity contribution is 0.143. The second kappa shape index (κ2) is 9.57. The lowest BCUT2D eigenvalue weighted by Crippen LogP contribution is -2.28. The highest BCUT2D eigenvalue weighted by Gasteiger charge is 2.39. The summed E-state index contributed by atoms with van der Waals surface area (Å²) >= 11 is 0. The molecule has 2 aromatic rings. The predicted molar refractivity (Wildman–Crippen MR) is 112 cm³/mol. The van der Waals surface area contributed by atoms with Crippen LogP contribution in [0.3, 0.4) is 0 Å². The van der Waals surface area contributed by atoms with Crippen molar-refractivity contribution in [1.82, 2.24) is 5.32 Å². The van der Waals surface area contributed by atoms with Crippen molar-refractivity contribution in [3.8, 4) is 11.1 Å². The molecule has 0 saturated carbocycles. The van der Waals surface area contributed by atoms with Crippen molar-refractivity contribution in [2.75, 3.05) is 19.3 Å². The van der Waals surface area contributed by atoms with Gasteiger partial charge in [0, 0.05) is 12.5 Å². The molecule has 0 fully saturated rings. The Morgan fingerprint density at radius 1 is 0.875 bits per heavy atom. The number of nitrogens with one attached hydrogen (secondary N) is 1. The van der Waals surface area contributed by atoms with Crippen molar-refractivity contribution in [3.63, 3.8) is 0 Å². The maximum Gasteiger partial charge on any atom is 0.488 e. The van der Waals surface area contributed by atoms with Crippen molar-refractivity contribution < 1.29 is 51.4 Å². The van der Waals surface area contributed by atoms with Crippen LogP contribution in [0.4, 0.5) is 4.79 Å². The topological polar surface area (TPSA) is 189 Å². The molecule has 1 aliphatic carbocycles. The highest BCUT2D eigenvalue weighted by atomic mass is 31.3. The molecule has 12 nitrogen and oxygen atoms in total. The summed E-state index contributed by atoms with van der Waals surface area (Å²) < 4.78 is 46.4. The SMILES string of the molecule is O=C(NCCP(=O)(O)OP(=O)(O)OP(=O)(O)O)OCC1c2ccccc2-c2ccccc21. The van der Waals surface area contributed by atoms with E-state index in [1.54, 1.807) is 0 Å². The standard InChI is InChI=1S/C17H20NO11P3/c19-17(18-9-10-30(20,21)28-32(25,26)29-31(22,23)24)27-11-16-14-7-3-1-5-12(14)13-6-2-4-8-15(13)16/h1-8,16H,9-11H2,(H,18,19)(H,20,21)(H,25,26)(H2,22,23,24). The van der Waals surface area contributed by atoms with E-state index in [1.807, 2.05) is 48.5 Å². The molecule has 32 heavy (non-hydrogen) atoms. The zero-order chi connectivity index (χ0) is 23.6. The van der Waals surface area contributed by atoms with E-state index in [2.05, 4.69) is 13.9 Å². The Balaban J connectivity index is 1.51. The quantitative estimate of drug-likeness (QED) is 0.314. The molecular weight excluding hydrogens is 487 g/mol. The van der Waals surface area contributed by atoms with Gasteiger partial charge in [0.05, 0.1) is 6.16 Å². The number of alkyl carbamates (subject to hydrolysis) is 1. The monoisotopic (exact) mass is 507 g/mol. The number of fused-ring (bicyclic) bond motifs is 3. The van der Waals surface area contributed by atoms with Crippen LogP contribution < -0.4 is 5.32 Å². The number of benzene rings is 2. The molecule has 1 amide bonds. The Bertz CT molecular complexity index is 1100. The summed E-state index contributed by atoms with van der Waals surface area (Å²) in [5.74, 6) is -0.189. The van der Waals surface area contributed by atoms with E-state index in [9.17, 15) is 23.4 Å². The van der Waals surface area contributed by atoms with E-state index in [1.165, 1.54) is 0 Å². The fraction of sp³-hybridized carbons (Fsp3) is 0.235. The molecule has 15 heteroatoms. The average molecular weight is 507 g/mol. The summed E-state index contributed by atoms with van der Waals surface area (Å²) in [5.41, 5.74) is 4.08. The van der Waals surface area contributed by atoms with Crippen molar-refractivity contribution in [2.24, 2.45) is 0 Å². The first-order chi connectivity index (χ1) is 14.9. The summed E-state index contributed by atoms with van der Waals surface area (Å²) in [7, 11) is -15.8. The fourth-order valence-electron chi connectivity index (χ4n) is 3.30. The van der Waals surface area contributed by atoms with Gasteiger partial charge in [-0.3, -0.25) is 4.57 Å². The third-order valence-corrected chi connectivity index (χ3v) is 8.76. The minimum Gasteiger partial charge on any atom is -0.449 e.